The monoisotopic (exact) mass is 337 g/mol. The van der Waals surface area contributed by atoms with Crippen LogP contribution in [0, 0.1) is 0 Å². The van der Waals surface area contributed by atoms with E-state index in [1.165, 1.54) is 0 Å². The molecule has 0 aliphatic carbocycles. The number of carbonyl (C=O) groups excluding carboxylic acids is 1. The Hall–Kier alpha value is -0.520. The van der Waals surface area contributed by atoms with Crippen molar-refractivity contribution in [2.45, 2.75) is 18.9 Å². The van der Waals surface area contributed by atoms with Gasteiger partial charge in [0.05, 0.1) is 10.7 Å². The van der Waals surface area contributed by atoms with E-state index < -0.39 is 0 Å². The van der Waals surface area contributed by atoms with Crippen molar-refractivity contribution in [3.8, 4) is 0 Å². The second-order valence-electron chi connectivity index (χ2n) is 4.77. The molecule has 0 saturated carbocycles. The standard InChI is InChI=1S/C13H17Cl2N3O.ClH/c14-9-1-2-11(15)12(7-9)17-13(19)4-6-18-5-3-10(16)8-18;/h1-2,7,10H,3-6,8,16H2,(H,17,19);1H/t10-;/m0./s1. The molecule has 0 spiro atoms. The summed E-state index contributed by atoms with van der Waals surface area (Å²) in [6.45, 7) is 2.55. The number of rotatable bonds is 4. The molecule has 1 aromatic carbocycles. The summed E-state index contributed by atoms with van der Waals surface area (Å²) in [5.41, 5.74) is 6.37. The lowest BCUT2D eigenvalue weighted by Crippen LogP contribution is -2.29. The smallest absolute Gasteiger partial charge is 0.225 e. The van der Waals surface area contributed by atoms with Gasteiger partial charge in [-0.05, 0) is 31.2 Å². The van der Waals surface area contributed by atoms with Crippen molar-refractivity contribution in [3.05, 3.63) is 28.2 Å². The fourth-order valence-electron chi connectivity index (χ4n) is 2.13. The number of nitrogens with one attached hydrogen (secondary N) is 1. The molecule has 1 atom stereocenters. The molecule has 1 aliphatic heterocycles. The van der Waals surface area contributed by atoms with Gasteiger partial charge >= 0.3 is 0 Å². The van der Waals surface area contributed by atoms with Crippen LogP contribution < -0.4 is 11.1 Å². The number of hydrogen-bond acceptors (Lipinski definition) is 3. The summed E-state index contributed by atoms with van der Waals surface area (Å²) in [7, 11) is 0. The molecule has 1 fully saturated rings. The molecule has 0 aromatic heterocycles. The molecule has 20 heavy (non-hydrogen) atoms. The third-order valence-electron chi connectivity index (χ3n) is 3.17. The number of carbonyl (C=O) groups is 1. The number of nitrogens with zero attached hydrogens (tertiary/aromatic N) is 1. The normalized spacial score (nSPS) is 18.6. The van der Waals surface area contributed by atoms with Crippen LogP contribution >= 0.6 is 35.6 Å². The summed E-state index contributed by atoms with van der Waals surface area (Å²) < 4.78 is 0. The number of benzene rings is 1. The molecule has 0 unspecified atom stereocenters. The highest BCUT2D eigenvalue weighted by Crippen LogP contribution is 2.25. The van der Waals surface area contributed by atoms with Crippen LogP contribution in [0.15, 0.2) is 18.2 Å². The summed E-state index contributed by atoms with van der Waals surface area (Å²) in [5, 5.41) is 3.81. The van der Waals surface area contributed by atoms with Crippen LogP contribution in [0.1, 0.15) is 12.8 Å². The summed E-state index contributed by atoms with van der Waals surface area (Å²) in [6, 6.07) is 5.24. The van der Waals surface area contributed by atoms with Crippen LogP contribution in [0.3, 0.4) is 0 Å². The van der Waals surface area contributed by atoms with Gasteiger partial charge in [0.15, 0.2) is 0 Å². The van der Waals surface area contributed by atoms with Gasteiger partial charge in [-0.25, -0.2) is 0 Å². The molecule has 4 nitrogen and oxygen atoms in total. The average Bonchev–Trinajstić information content (AvgIpc) is 2.77. The lowest BCUT2D eigenvalue weighted by atomic mass is 10.3. The Morgan fingerprint density at radius 1 is 1.45 bits per heavy atom. The molecule has 0 bridgehead atoms. The zero-order valence-corrected chi connectivity index (χ0v) is 13.3. The van der Waals surface area contributed by atoms with Gasteiger partial charge in [0.2, 0.25) is 5.91 Å². The number of halogens is 3. The summed E-state index contributed by atoms with van der Waals surface area (Å²) in [6.07, 6.45) is 1.43. The number of likely N-dealkylation sites (tertiary alicyclic amines) is 1. The molecular weight excluding hydrogens is 321 g/mol. The van der Waals surface area contributed by atoms with Gasteiger partial charge in [0, 0.05) is 30.6 Å². The van der Waals surface area contributed by atoms with Crippen LogP contribution in [0.4, 0.5) is 5.69 Å². The maximum absolute atomic E-state index is 11.8. The first-order valence-corrected chi connectivity index (χ1v) is 7.03. The van der Waals surface area contributed by atoms with Crippen molar-refractivity contribution in [2.75, 3.05) is 25.0 Å². The number of anilines is 1. The van der Waals surface area contributed by atoms with E-state index >= 15 is 0 Å². The lowest BCUT2D eigenvalue weighted by molar-refractivity contribution is -0.116. The molecule has 1 heterocycles. The van der Waals surface area contributed by atoms with Gasteiger partial charge in [0.1, 0.15) is 0 Å². The lowest BCUT2D eigenvalue weighted by Gasteiger charge is -2.15. The second kappa shape index (κ2) is 8.05. The largest absolute Gasteiger partial charge is 0.326 e. The summed E-state index contributed by atoms with van der Waals surface area (Å²) in [4.78, 5) is 14.0. The van der Waals surface area contributed by atoms with E-state index in [0.717, 1.165) is 26.1 Å². The molecular formula is C13H18Cl3N3O. The van der Waals surface area contributed by atoms with Gasteiger partial charge in [-0.3, -0.25) is 4.79 Å². The number of hydrogen-bond donors (Lipinski definition) is 2. The summed E-state index contributed by atoms with van der Waals surface area (Å²) >= 11 is 11.9. The van der Waals surface area contributed by atoms with Crippen LogP contribution in [-0.2, 0) is 4.79 Å². The Balaban J connectivity index is 0.00000200. The Kier molecular flexibility index (Phi) is 7.06. The molecule has 112 valence electrons. The summed E-state index contributed by atoms with van der Waals surface area (Å²) in [5.74, 6) is -0.0651. The first kappa shape index (κ1) is 17.5. The Morgan fingerprint density at radius 3 is 2.85 bits per heavy atom. The first-order valence-electron chi connectivity index (χ1n) is 6.27. The van der Waals surface area contributed by atoms with Gasteiger partial charge in [-0.15, -0.1) is 12.4 Å². The minimum atomic E-state index is -0.0651. The second-order valence-corrected chi connectivity index (χ2v) is 5.62. The van der Waals surface area contributed by atoms with Crippen LogP contribution in [-0.4, -0.2) is 36.5 Å². The van der Waals surface area contributed by atoms with E-state index in [2.05, 4.69) is 10.2 Å². The molecule has 1 saturated heterocycles. The van der Waals surface area contributed by atoms with Gasteiger partial charge in [0.25, 0.3) is 0 Å². The molecule has 7 heteroatoms. The quantitative estimate of drug-likeness (QED) is 0.887. The topological polar surface area (TPSA) is 58.4 Å². The van der Waals surface area contributed by atoms with Gasteiger partial charge in [-0.2, -0.15) is 0 Å². The van der Waals surface area contributed by atoms with E-state index in [1.807, 2.05) is 0 Å². The van der Waals surface area contributed by atoms with E-state index in [4.69, 9.17) is 28.9 Å². The SMILES string of the molecule is Cl.N[C@H]1CCN(CCC(=O)Nc2cc(Cl)ccc2Cl)C1. The first-order chi connectivity index (χ1) is 9.04. The van der Waals surface area contributed by atoms with Crippen LogP contribution in [0.25, 0.3) is 0 Å². The fourth-order valence-corrected chi connectivity index (χ4v) is 2.47. The molecule has 3 N–H and O–H groups in total. The fraction of sp³-hybridized carbons (Fsp3) is 0.462. The Morgan fingerprint density at radius 2 is 2.20 bits per heavy atom. The highest BCUT2D eigenvalue weighted by Gasteiger charge is 2.19. The van der Waals surface area contributed by atoms with Crippen molar-refractivity contribution in [1.29, 1.82) is 0 Å². The third kappa shape index (κ3) is 5.11. The molecule has 2 rings (SSSR count). The third-order valence-corrected chi connectivity index (χ3v) is 3.73. The Labute approximate surface area is 135 Å². The van der Waals surface area contributed by atoms with E-state index in [9.17, 15) is 4.79 Å². The molecule has 1 amide bonds. The minimum absolute atomic E-state index is 0. The van der Waals surface area contributed by atoms with Crippen LogP contribution in [0.5, 0.6) is 0 Å². The van der Waals surface area contributed by atoms with Crippen LogP contribution in [0.2, 0.25) is 10.0 Å². The van der Waals surface area contributed by atoms with E-state index in [-0.39, 0.29) is 24.4 Å². The zero-order chi connectivity index (χ0) is 13.8. The van der Waals surface area contributed by atoms with Crippen molar-refractivity contribution in [1.82, 2.24) is 4.90 Å². The van der Waals surface area contributed by atoms with Gasteiger partial charge < -0.3 is 16.0 Å². The molecule has 0 radical (unpaired) electrons. The van der Waals surface area contributed by atoms with Crippen molar-refractivity contribution < 1.29 is 4.79 Å². The zero-order valence-electron chi connectivity index (χ0n) is 10.9. The Bertz CT molecular complexity index is 470. The van der Waals surface area contributed by atoms with E-state index in [0.29, 0.717) is 22.2 Å². The highest BCUT2D eigenvalue weighted by molar-refractivity contribution is 6.35. The molecule has 1 aromatic rings. The molecule has 1 aliphatic rings. The number of amides is 1. The predicted molar refractivity (Wildman–Crippen MR) is 86.0 cm³/mol. The van der Waals surface area contributed by atoms with Gasteiger partial charge in [-0.1, -0.05) is 23.2 Å². The average molecular weight is 339 g/mol. The predicted octanol–water partition coefficient (Wildman–Crippen LogP) is 2.78. The maximum atomic E-state index is 11.8. The number of nitrogens with two attached hydrogens (primary N) is 1. The maximum Gasteiger partial charge on any atom is 0.225 e. The van der Waals surface area contributed by atoms with Crippen molar-refractivity contribution in [3.63, 3.8) is 0 Å². The van der Waals surface area contributed by atoms with Crippen molar-refractivity contribution >= 4 is 47.2 Å². The van der Waals surface area contributed by atoms with Crippen molar-refractivity contribution in [2.24, 2.45) is 5.73 Å². The highest BCUT2D eigenvalue weighted by atomic mass is 35.5. The minimum Gasteiger partial charge on any atom is -0.326 e. The van der Waals surface area contributed by atoms with E-state index in [1.54, 1.807) is 18.2 Å².